The van der Waals surface area contributed by atoms with Crippen molar-refractivity contribution in [3.8, 4) is 10.4 Å². The molecule has 0 aliphatic carbocycles. The summed E-state index contributed by atoms with van der Waals surface area (Å²) in [7, 11) is 0. The van der Waals surface area contributed by atoms with Gasteiger partial charge in [0.2, 0.25) is 0 Å². The van der Waals surface area contributed by atoms with Crippen molar-refractivity contribution < 1.29 is 18.4 Å². The molecule has 144 valence electrons. The number of halogens is 4. The Morgan fingerprint density at radius 1 is 1.04 bits per heavy atom. The molecule has 3 aromatic rings. The van der Waals surface area contributed by atoms with E-state index in [1.165, 1.54) is 11.3 Å². The van der Waals surface area contributed by atoms with Gasteiger partial charge in [-0.15, -0.1) is 11.3 Å². The van der Waals surface area contributed by atoms with E-state index in [0.717, 1.165) is 34.2 Å². The summed E-state index contributed by atoms with van der Waals surface area (Å²) in [4.78, 5) is 24.9. The standard InChI is InChI=1S/C19H12Cl2F2N2O2S/c1-9-7-15(28-17(9)11-6-5-10(20)8-12(11)21)24-19(27)25-18(26)16-13(22)3-2-4-14(16)23/h2-8H,1H3,(H2,24,25,26,27). The Kier molecular flexibility index (Phi) is 5.98. The smallest absolute Gasteiger partial charge is 0.299 e. The maximum absolute atomic E-state index is 13.6. The highest BCUT2D eigenvalue weighted by Gasteiger charge is 2.20. The molecule has 0 saturated carbocycles. The van der Waals surface area contributed by atoms with Gasteiger partial charge in [-0.1, -0.05) is 35.3 Å². The monoisotopic (exact) mass is 440 g/mol. The summed E-state index contributed by atoms with van der Waals surface area (Å²) in [6.07, 6.45) is 0. The third kappa shape index (κ3) is 4.32. The number of rotatable bonds is 3. The lowest BCUT2D eigenvalue weighted by Crippen LogP contribution is -2.35. The minimum Gasteiger partial charge on any atom is -0.299 e. The number of urea groups is 1. The van der Waals surface area contributed by atoms with Gasteiger partial charge in [-0.25, -0.2) is 13.6 Å². The summed E-state index contributed by atoms with van der Waals surface area (Å²) in [6, 6.07) is 8.84. The second-order valence-corrected chi connectivity index (χ2v) is 7.65. The van der Waals surface area contributed by atoms with Crippen LogP contribution in [0.1, 0.15) is 15.9 Å². The maximum atomic E-state index is 13.6. The first kappa shape index (κ1) is 20.3. The molecule has 3 rings (SSSR count). The van der Waals surface area contributed by atoms with Crippen molar-refractivity contribution in [2.45, 2.75) is 6.92 Å². The van der Waals surface area contributed by atoms with Crippen LogP contribution in [0, 0.1) is 18.6 Å². The van der Waals surface area contributed by atoms with Gasteiger partial charge in [-0.2, -0.15) is 0 Å². The largest absolute Gasteiger partial charge is 0.326 e. The van der Waals surface area contributed by atoms with Gasteiger partial charge in [-0.05, 0) is 42.8 Å². The van der Waals surface area contributed by atoms with Gasteiger partial charge in [0.05, 0.1) is 10.0 Å². The Labute approximate surface area is 173 Å². The van der Waals surface area contributed by atoms with Gasteiger partial charge in [0.15, 0.2) is 0 Å². The molecular formula is C19H12Cl2F2N2O2S. The minimum atomic E-state index is -1.18. The Balaban J connectivity index is 1.76. The number of anilines is 1. The molecule has 0 spiro atoms. The molecule has 1 heterocycles. The topological polar surface area (TPSA) is 58.2 Å². The molecule has 0 bridgehead atoms. The summed E-state index contributed by atoms with van der Waals surface area (Å²) in [5, 5.41) is 5.77. The fourth-order valence-electron chi connectivity index (χ4n) is 2.51. The molecule has 0 radical (unpaired) electrons. The number of nitrogens with one attached hydrogen (secondary N) is 2. The molecule has 0 fully saturated rings. The highest BCUT2D eigenvalue weighted by molar-refractivity contribution is 7.19. The van der Waals surface area contributed by atoms with E-state index in [1.807, 2.05) is 12.2 Å². The average Bonchev–Trinajstić information content (AvgIpc) is 2.94. The summed E-state index contributed by atoms with van der Waals surface area (Å²) >= 11 is 13.4. The molecule has 0 saturated heterocycles. The van der Waals surface area contributed by atoms with Gasteiger partial charge in [-0.3, -0.25) is 15.4 Å². The van der Waals surface area contributed by atoms with Crippen LogP contribution < -0.4 is 10.6 Å². The Morgan fingerprint density at radius 2 is 1.71 bits per heavy atom. The molecule has 4 nitrogen and oxygen atoms in total. The van der Waals surface area contributed by atoms with Crippen LogP contribution in [-0.4, -0.2) is 11.9 Å². The number of thiophene rings is 1. The zero-order valence-electron chi connectivity index (χ0n) is 14.3. The van der Waals surface area contributed by atoms with Crippen LogP contribution >= 0.6 is 34.5 Å². The summed E-state index contributed by atoms with van der Waals surface area (Å²) in [5.74, 6) is -3.30. The number of imide groups is 1. The molecule has 2 N–H and O–H groups in total. The summed E-state index contributed by atoms with van der Waals surface area (Å²) in [6.45, 7) is 1.83. The first-order valence-electron chi connectivity index (χ1n) is 7.88. The SMILES string of the molecule is Cc1cc(NC(=O)NC(=O)c2c(F)cccc2F)sc1-c1ccc(Cl)cc1Cl. The molecule has 0 unspecified atom stereocenters. The molecular weight excluding hydrogens is 429 g/mol. The highest BCUT2D eigenvalue weighted by atomic mass is 35.5. The number of hydrogen-bond donors (Lipinski definition) is 2. The van der Waals surface area contributed by atoms with Crippen molar-refractivity contribution in [1.29, 1.82) is 0 Å². The predicted molar refractivity (Wildman–Crippen MR) is 107 cm³/mol. The zero-order chi connectivity index (χ0) is 20.4. The van der Waals surface area contributed by atoms with Crippen molar-refractivity contribution in [1.82, 2.24) is 5.32 Å². The molecule has 0 atom stereocenters. The van der Waals surface area contributed by atoms with Gasteiger partial charge in [0, 0.05) is 15.5 Å². The third-order valence-corrected chi connectivity index (χ3v) is 5.48. The van der Waals surface area contributed by atoms with Gasteiger partial charge in [0.1, 0.15) is 17.2 Å². The Hall–Kier alpha value is -2.48. The highest BCUT2D eigenvalue weighted by Crippen LogP contribution is 2.39. The van der Waals surface area contributed by atoms with E-state index in [-0.39, 0.29) is 0 Å². The van der Waals surface area contributed by atoms with Crippen molar-refractivity contribution in [3.63, 3.8) is 0 Å². The number of aryl methyl sites for hydroxylation is 1. The Bertz CT molecular complexity index is 1070. The van der Waals surface area contributed by atoms with Crippen LogP contribution in [0.2, 0.25) is 10.0 Å². The molecule has 1 aromatic heterocycles. The number of carbonyl (C=O) groups excluding carboxylic acids is 2. The lowest BCUT2D eigenvalue weighted by atomic mass is 10.1. The third-order valence-electron chi connectivity index (χ3n) is 3.75. The van der Waals surface area contributed by atoms with Crippen LogP contribution in [0.25, 0.3) is 10.4 Å². The van der Waals surface area contributed by atoms with E-state index in [0.29, 0.717) is 15.0 Å². The lowest BCUT2D eigenvalue weighted by molar-refractivity contribution is 0.0959. The number of hydrogen-bond acceptors (Lipinski definition) is 3. The van der Waals surface area contributed by atoms with Crippen molar-refractivity contribution in [2.24, 2.45) is 0 Å². The van der Waals surface area contributed by atoms with E-state index in [9.17, 15) is 18.4 Å². The first-order chi connectivity index (χ1) is 13.3. The van der Waals surface area contributed by atoms with Crippen LogP contribution in [0.5, 0.6) is 0 Å². The minimum absolute atomic E-state index is 0.429. The van der Waals surface area contributed by atoms with Gasteiger partial charge in [0.25, 0.3) is 5.91 Å². The number of benzene rings is 2. The fraction of sp³-hybridized carbons (Fsp3) is 0.0526. The molecule has 3 amide bonds. The summed E-state index contributed by atoms with van der Waals surface area (Å²) < 4.78 is 27.3. The quantitative estimate of drug-likeness (QED) is 0.503. The van der Waals surface area contributed by atoms with E-state index in [4.69, 9.17) is 23.2 Å². The van der Waals surface area contributed by atoms with E-state index >= 15 is 0 Å². The van der Waals surface area contributed by atoms with E-state index in [2.05, 4.69) is 5.32 Å². The van der Waals surface area contributed by atoms with Crippen LogP contribution in [0.4, 0.5) is 18.6 Å². The maximum Gasteiger partial charge on any atom is 0.326 e. The molecule has 9 heteroatoms. The van der Waals surface area contributed by atoms with Crippen molar-refractivity contribution in [2.75, 3.05) is 5.32 Å². The first-order valence-corrected chi connectivity index (χ1v) is 9.45. The van der Waals surface area contributed by atoms with Crippen LogP contribution in [-0.2, 0) is 0 Å². The van der Waals surface area contributed by atoms with Gasteiger partial charge >= 0.3 is 6.03 Å². The van der Waals surface area contributed by atoms with Crippen LogP contribution in [0.15, 0.2) is 42.5 Å². The molecule has 0 aliphatic heterocycles. The number of carbonyl (C=O) groups is 2. The fourth-order valence-corrected chi connectivity index (χ4v) is 4.17. The zero-order valence-corrected chi connectivity index (χ0v) is 16.6. The van der Waals surface area contributed by atoms with Crippen LogP contribution in [0.3, 0.4) is 0 Å². The predicted octanol–water partition coefficient (Wildman–Crippen LogP) is 6.27. The van der Waals surface area contributed by atoms with Gasteiger partial charge < -0.3 is 0 Å². The van der Waals surface area contributed by atoms with E-state index < -0.39 is 29.1 Å². The van der Waals surface area contributed by atoms with Crippen molar-refractivity contribution in [3.05, 3.63) is 75.3 Å². The Morgan fingerprint density at radius 3 is 2.36 bits per heavy atom. The normalized spacial score (nSPS) is 10.6. The molecule has 28 heavy (non-hydrogen) atoms. The lowest BCUT2D eigenvalue weighted by Gasteiger charge is -2.06. The van der Waals surface area contributed by atoms with E-state index in [1.54, 1.807) is 24.3 Å². The molecule has 0 aliphatic rings. The van der Waals surface area contributed by atoms with Crippen molar-refractivity contribution >= 4 is 51.5 Å². The second-order valence-electron chi connectivity index (χ2n) is 5.75. The molecule has 2 aromatic carbocycles. The number of amides is 3. The second kappa shape index (κ2) is 8.26. The average molecular weight is 441 g/mol. The summed E-state index contributed by atoms with van der Waals surface area (Å²) in [5.41, 5.74) is 0.760.